The first-order chi connectivity index (χ1) is 11.6. The van der Waals surface area contributed by atoms with E-state index in [1.165, 1.54) is 13.2 Å². The third kappa shape index (κ3) is 6.72. The summed E-state index contributed by atoms with van der Waals surface area (Å²) in [5, 5.41) is 12.8. The number of H-pyrrole nitrogens is 1. The van der Waals surface area contributed by atoms with Crippen molar-refractivity contribution >= 4 is 29.9 Å². The smallest absolute Gasteiger partial charge is 0.387 e. The molecule has 0 aliphatic carbocycles. The normalized spacial score (nSPS) is 11.0. The maximum Gasteiger partial charge on any atom is 0.387 e. The zero-order valence-electron chi connectivity index (χ0n) is 13.8. The summed E-state index contributed by atoms with van der Waals surface area (Å²) in [7, 11) is 3.12. The fourth-order valence-corrected chi connectivity index (χ4v) is 1.99. The van der Waals surface area contributed by atoms with Gasteiger partial charge in [-0.25, -0.2) is 0 Å². The molecule has 0 atom stereocenters. The molecule has 7 nitrogen and oxygen atoms in total. The van der Waals surface area contributed by atoms with E-state index in [9.17, 15) is 8.78 Å². The average molecular weight is 467 g/mol. The number of alkyl halides is 2. The number of guanidine groups is 1. The third-order valence-corrected chi connectivity index (χ3v) is 3.16. The number of aromatic nitrogens is 2. The molecule has 0 aliphatic rings. The van der Waals surface area contributed by atoms with E-state index in [2.05, 4.69) is 30.6 Å². The first-order valence-electron chi connectivity index (χ1n) is 7.17. The van der Waals surface area contributed by atoms with Gasteiger partial charge in [0.1, 0.15) is 11.5 Å². The van der Waals surface area contributed by atoms with Crippen LogP contribution in [0.5, 0.6) is 11.5 Å². The van der Waals surface area contributed by atoms with Crippen molar-refractivity contribution in [3.8, 4) is 11.5 Å². The fraction of sp³-hybridized carbons (Fsp3) is 0.333. The zero-order valence-corrected chi connectivity index (χ0v) is 16.1. The molecule has 0 spiro atoms. The minimum absolute atomic E-state index is 0. The monoisotopic (exact) mass is 467 g/mol. The third-order valence-electron chi connectivity index (χ3n) is 3.16. The van der Waals surface area contributed by atoms with Gasteiger partial charge in [-0.15, -0.1) is 24.0 Å². The molecule has 0 saturated heterocycles. The summed E-state index contributed by atoms with van der Waals surface area (Å²) < 4.78 is 34.7. The van der Waals surface area contributed by atoms with E-state index >= 15 is 0 Å². The summed E-state index contributed by atoms with van der Waals surface area (Å²) in [5.41, 5.74) is 1.42. The molecule has 0 aliphatic heterocycles. The Balaban J connectivity index is 0.00000312. The molecule has 0 unspecified atom stereocenters. The van der Waals surface area contributed by atoms with Crippen LogP contribution in [0.15, 0.2) is 35.5 Å². The first kappa shape index (κ1) is 20.9. The molecule has 1 aromatic heterocycles. The minimum atomic E-state index is -2.89. The molecule has 1 aromatic carbocycles. The number of methoxy groups -OCH3 is 1. The van der Waals surface area contributed by atoms with Gasteiger partial charge in [-0.3, -0.25) is 10.1 Å². The standard InChI is InChI=1S/C15H19F2N5O2.HI/c1-18-15(20-9-11-5-6-21-22-11)19-8-10-7-12(23-2)3-4-13(10)24-14(16)17;/h3-7,14H,8-9H2,1-2H3,(H,21,22)(H2,18,19,20);1H. The molecular formula is C15H20F2IN5O2. The van der Waals surface area contributed by atoms with Crippen LogP contribution in [0, 0.1) is 0 Å². The van der Waals surface area contributed by atoms with Gasteiger partial charge >= 0.3 is 6.61 Å². The summed E-state index contributed by atoms with van der Waals surface area (Å²) in [6, 6.07) is 6.47. The maximum absolute atomic E-state index is 12.5. The highest BCUT2D eigenvalue weighted by Crippen LogP contribution is 2.25. The van der Waals surface area contributed by atoms with Crippen LogP contribution in [-0.4, -0.2) is 36.9 Å². The number of hydrogen-bond donors (Lipinski definition) is 3. The van der Waals surface area contributed by atoms with Crippen molar-refractivity contribution in [2.24, 2.45) is 4.99 Å². The summed E-state index contributed by atoms with van der Waals surface area (Å²) in [4.78, 5) is 4.08. The lowest BCUT2D eigenvalue weighted by molar-refractivity contribution is -0.0504. The fourth-order valence-electron chi connectivity index (χ4n) is 1.99. The van der Waals surface area contributed by atoms with Crippen molar-refractivity contribution < 1.29 is 18.3 Å². The molecular weight excluding hydrogens is 447 g/mol. The molecule has 138 valence electrons. The highest BCUT2D eigenvalue weighted by Gasteiger charge is 2.11. The lowest BCUT2D eigenvalue weighted by Crippen LogP contribution is -2.36. The van der Waals surface area contributed by atoms with E-state index in [-0.39, 0.29) is 36.3 Å². The zero-order chi connectivity index (χ0) is 17.4. The Labute approximate surface area is 161 Å². The Bertz CT molecular complexity index is 668. The van der Waals surface area contributed by atoms with Crippen LogP contribution in [0.3, 0.4) is 0 Å². The van der Waals surface area contributed by atoms with Crippen LogP contribution >= 0.6 is 24.0 Å². The van der Waals surface area contributed by atoms with Crippen LogP contribution < -0.4 is 20.1 Å². The average Bonchev–Trinajstić information content (AvgIpc) is 3.09. The predicted molar refractivity (Wildman–Crippen MR) is 101 cm³/mol. The van der Waals surface area contributed by atoms with Gasteiger partial charge in [-0.1, -0.05) is 0 Å². The van der Waals surface area contributed by atoms with Crippen LogP contribution in [0.1, 0.15) is 11.3 Å². The van der Waals surface area contributed by atoms with Crippen LogP contribution in [-0.2, 0) is 13.1 Å². The Morgan fingerprint density at radius 2 is 2.04 bits per heavy atom. The molecule has 0 radical (unpaired) electrons. The van der Waals surface area contributed by atoms with Gasteiger partial charge in [-0.05, 0) is 24.3 Å². The molecule has 3 N–H and O–H groups in total. The van der Waals surface area contributed by atoms with E-state index in [4.69, 9.17) is 4.74 Å². The molecule has 1 heterocycles. The maximum atomic E-state index is 12.5. The second-order valence-corrected chi connectivity index (χ2v) is 4.71. The van der Waals surface area contributed by atoms with Gasteiger partial charge in [0.15, 0.2) is 5.96 Å². The van der Waals surface area contributed by atoms with Crippen molar-refractivity contribution in [2.75, 3.05) is 14.2 Å². The molecule has 2 rings (SSSR count). The second kappa shape index (κ2) is 10.7. The highest BCUT2D eigenvalue weighted by atomic mass is 127. The molecule has 0 saturated carbocycles. The Morgan fingerprint density at radius 1 is 1.28 bits per heavy atom. The molecule has 25 heavy (non-hydrogen) atoms. The topological polar surface area (TPSA) is 83.6 Å². The summed E-state index contributed by atoms with van der Waals surface area (Å²) in [5.74, 6) is 1.14. The first-order valence-corrected chi connectivity index (χ1v) is 7.17. The van der Waals surface area contributed by atoms with Gasteiger partial charge in [-0.2, -0.15) is 13.9 Å². The molecule has 0 fully saturated rings. The van der Waals surface area contributed by atoms with E-state index < -0.39 is 6.61 Å². The second-order valence-electron chi connectivity index (χ2n) is 4.71. The van der Waals surface area contributed by atoms with Crippen molar-refractivity contribution in [2.45, 2.75) is 19.7 Å². The number of hydrogen-bond acceptors (Lipinski definition) is 4. The van der Waals surface area contributed by atoms with E-state index in [1.807, 2.05) is 6.07 Å². The Hall–Kier alpha value is -2.11. The van der Waals surface area contributed by atoms with Gasteiger partial charge in [0.2, 0.25) is 0 Å². The summed E-state index contributed by atoms with van der Waals surface area (Å²) >= 11 is 0. The lowest BCUT2D eigenvalue weighted by atomic mass is 10.2. The van der Waals surface area contributed by atoms with E-state index in [1.54, 1.807) is 25.4 Å². The molecule has 10 heteroatoms. The quantitative estimate of drug-likeness (QED) is 0.331. The van der Waals surface area contributed by atoms with E-state index in [0.29, 0.717) is 23.8 Å². The summed E-state index contributed by atoms with van der Waals surface area (Å²) in [6.07, 6.45) is 1.65. The summed E-state index contributed by atoms with van der Waals surface area (Å²) in [6.45, 7) is -2.16. The lowest BCUT2D eigenvalue weighted by Gasteiger charge is -2.15. The number of nitrogens with one attached hydrogen (secondary N) is 3. The number of halogens is 3. The number of nitrogens with zero attached hydrogens (tertiary/aromatic N) is 2. The Kier molecular flexibility index (Phi) is 8.95. The number of benzene rings is 1. The minimum Gasteiger partial charge on any atom is -0.497 e. The highest BCUT2D eigenvalue weighted by molar-refractivity contribution is 14.0. The van der Waals surface area contributed by atoms with Gasteiger partial charge in [0.05, 0.1) is 19.3 Å². The molecule has 0 bridgehead atoms. The van der Waals surface area contributed by atoms with E-state index in [0.717, 1.165) is 5.69 Å². The van der Waals surface area contributed by atoms with Crippen molar-refractivity contribution in [1.82, 2.24) is 20.8 Å². The van der Waals surface area contributed by atoms with Gasteiger partial charge in [0, 0.05) is 25.4 Å². The molecule has 2 aromatic rings. The van der Waals surface area contributed by atoms with Crippen molar-refractivity contribution in [3.63, 3.8) is 0 Å². The Morgan fingerprint density at radius 3 is 2.64 bits per heavy atom. The van der Waals surface area contributed by atoms with Crippen LogP contribution in [0.4, 0.5) is 8.78 Å². The number of aliphatic imine (C=N–C) groups is 1. The van der Waals surface area contributed by atoms with Gasteiger partial charge in [0.25, 0.3) is 0 Å². The number of rotatable bonds is 7. The SMILES string of the molecule is CN=C(NCc1ccn[nH]1)NCc1cc(OC)ccc1OC(F)F.I. The molecule has 0 amide bonds. The number of ether oxygens (including phenoxy) is 2. The van der Waals surface area contributed by atoms with Crippen molar-refractivity contribution in [1.29, 1.82) is 0 Å². The largest absolute Gasteiger partial charge is 0.497 e. The van der Waals surface area contributed by atoms with Crippen LogP contribution in [0.25, 0.3) is 0 Å². The van der Waals surface area contributed by atoms with Crippen LogP contribution in [0.2, 0.25) is 0 Å². The predicted octanol–water partition coefficient (Wildman–Crippen LogP) is 2.50. The van der Waals surface area contributed by atoms with Crippen molar-refractivity contribution in [3.05, 3.63) is 41.7 Å². The van der Waals surface area contributed by atoms with Gasteiger partial charge < -0.3 is 20.1 Å². The number of aromatic amines is 1.